The Morgan fingerprint density at radius 1 is 1.50 bits per heavy atom. The molecule has 0 radical (unpaired) electrons. The number of hydrogen-bond acceptors (Lipinski definition) is 4. The van der Waals surface area contributed by atoms with Gasteiger partial charge in [0.25, 0.3) is 0 Å². The zero-order chi connectivity index (χ0) is 16.5. The molecule has 1 aliphatic heterocycles. The third-order valence-corrected chi connectivity index (χ3v) is 3.73. The molecule has 0 saturated heterocycles. The minimum atomic E-state index is -0.544. The van der Waals surface area contributed by atoms with E-state index >= 15 is 0 Å². The Balaban J connectivity index is 2.33. The topological polar surface area (TPSA) is 51.7 Å². The van der Waals surface area contributed by atoms with Crippen molar-refractivity contribution in [3.63, 3.8) is 0 Å². The first-order valence-corrected chi connectivity index (χ1v) is 7.82. The second-order valence-corrected chi connectivity index (χ2v) is 7.21. The average molecular weight is 327 g/mol. The van der Waals surface area contributed by atoms with E-state index in [2.05, 4.69) is 4.98 Å². The van der Waals surface area contributed by atoms with Crippen molar-refractivity contribution in [1.29, 1.82) is 0 Å². The maximum Gasteiger partial charge on any atom is 0.410 e. The second-order valence-electron chi connectivity index (χ2n) is 6.82. The van der Waals surface area contributed by atoms with Gasteiger partial charge in [0.15, 0.2) is 0 Å². The summed E-state index contributed by atoms with van der Waals surface area (Å²) in [6.45, 7) is 10.3. The van der Waals surface area contributed by atoms with Gasteiger partial charge in [-0.15, -0.1) is 0 Å². The minimum absolute atomic E-state index is 0.320. The molecule has 0 N–H and O–H groups in total. The normalized spacial score (nSPS) is 21.6. The third-order valence-electron chi connectivity index (χ3n) is 3.52. The van der Waals surface area contributed by atoms with Crippen molar-refractivity contribution in [1.82, 2.24) is 9.88 Å². The smallest absolute Gasteiger partial charge is 0.410 e. The van der Waals surface area contributed by atoms with Gasteiger partial charge in [-0.3, -0.25) is 4.90 Å². The molecular formula is C16H23ClN2O3. The van der Waals surface area contributed by atoms with Crippen molar-refractivity contribution >= 4 is 17.7 Å². The summed E-state index contributed by atoms with van der Waals surface area (Å²) in [6.07, 6.45) is 0.388. The molecule has 0 saturated carbocycles. The number of fused-ring (bicyclic) bond motifs is 1. The van der Waals surface area contributed by atoms with Crippen LogP contribution in [0.3, 0.4) is 0 Å². The van der Waals surface area contributed by atoms with Crippen LogP contribution in [0.4, 0.5) is 4.79 Å². The maximum atomic E-state index is 12.5. The highest BCUT2D eigenvalue weighted by Gasteiger charge is 2.36. The van der Waals surface area contributed by atoms with Crippen LogP contribution < -0.4 is 4.74 Å². The van der Waals surface area contributed by atoms with Crippen LogP contribution in [-0.2, 0) is 11.3 Å². The van der Waals surface area contributed by atoms with Gasteiger partial charge in [0.05, 0.1) is 13.1 Å². The number of carbonyl (C=O) groups excluding carboxylic acids is 1. The largest absolute Gasteiger partial charge is 0.484 e. The highest BCUT2D eigenvalue weighted by atomic mass is 35.5. The Hall–Kier alpha value is -1.49. The Kier molecular flexibility index (Phi) is 4.57. The van der Waals surface area contributed by atoms with E-state index in [1.165, 1.54) is 0 Å². The molecule has 1 aliphatic rings. The monoisotopic (exact) mass is 326 g/mol. The summed E-state index contributed by atoms with van der Waals surface area (Å²) in [7, 11) is 0. The molecule has 1 aromatic heterocycles. The van der Waals surface area contributed by atoms with Gasteiger partial charge >= 0.3 is 6.09 Å². The van der Waals surface area contributed by atoms with E-state index in [0.717, 1.165) is 6.42 Å². The average Bonchev–Trinajstić information content (AvgIpc) is 2.53. The molecule has 0 aliphatic carbocycles. The summed E-state index contributed by atoms with van der Waals surface area (Å²) >= 11 is 5.97. The number of nitrogens with zero attached hydrogens (tertiary/aromatic N) is 2. The Labute approximate surface area is 136 Å². The van der Waals surface area contributed by atoms with Crippen molar-refractivity contribution < 1.29 is 14.3 Å². The first-order valence-electron chi connectivity index (χ1n) is 7.44. The standard InChI is InChI=1S/C16H23ClN2O3/c1-6-16(5)10-19(14(20)22-15(2,3)4)9-11-12(21-16)7-8-13(17)18-11/h7-8H,6,9-10H2,1-5H3. The molecule has 0 spiro atoms. The van der Waals surface area contributed by atoms with Gasteiger partial charge in [0.1, 0.15) is 27.8 Å². The van der Waals surface area contributed by atoms with E-state index in [-0.39, 0.29) is 6.09 Å². The Bertz CT molecular complexity index is 571. The van der Waals surface area contributed by atoms with Crippen LogP contribution in [0.5, 0.6) is 5.75 Å². The third kappa shape index (κ3) is 4.03. The van der Waals surface area contributed by atoms with Crippen LogP contribution in [0.1, 0.15) is 46.7 Å². The van der Waals surface area contributed by atoms with Crippen LogP contribution >= 0.6 is 11.6 Å². The lowest BCUT2D eigenvalue weighted by atomic mass is 10.0. The van der Waals surface area contributed by atoms with Crippen LogP contribution in [0.2, 0.25) is 5.15 Å². The predicted octanol–water partition coefficient (Wildman–Crippen LogP) is 4.03. The molecule has 122 valence electrons. The summed E-state index contributed by atoms with van der Waals surface area (Å²) < 4.78 is 11.6. The van der Waals surface area contributed by atoms with Gasteiger partial charge in [-0.05, 0) is 46.2 Å². The zero-order valence-electron chi connectivity index (χ0n) is 13.8. The van der Waals surface area contributed by atoms with Gasteiger partial charge in [0.2, 0.25) is 0 Å². The number of ether oxygens (including phenoxy) is 2. The molecule has 2 rings (SSSR count). The first-order chi connectivity index (χ1) is 10.1. The summed E-state index contributed by atoms with van der Waals surface area (Å²) in [4.78, 5) is 18.4. The van der Waals surface area contributed by atoms with E-state index < -0.39 is 11.2 Å². The lowest BCUT2D eigenvalue weighted by molar-refractivity contribution is 0.00255. The number of aromatic nitrogens is 1. The van der Waals surface area contributed by atoms with E-state index in [9.17, 15) is 4.79 Å². The highest BCUT2D eigenvalue weighted by molar-refractivity contribution is 6.29. The second kappa shape index (κ2) is 5.95. The lowest BCUT2D eigenvalue weighted by Crippen LogP contribution is -2.46. The van der Waals surface area contributed by atoms with Crippen molar-refractivity contribution in [2.24, 2.45) is 0 Å². The Morgan fingerprint density at radius 2 is 2.18 bits per heavy atom. The van der Waals surface area contributed by atoms with E-state index in [1.54, 1.807) is 17.0 Å². The van der Waals surface area contributed by atoms with Crippen molar-refractivity contribution in [2.75, 3.05) is 6.54 Å². The Morgan fingerprint density at radius 3 is 2.77 bits per heavy atom. The molecule has 1 aromatic rings. The summed E-state index contributed by atoms with van der Waals surface area (Å²) in [6, 6.07) is 3.50. The summed E-state index contributed by atoms with van der Waals surface area (Å²) in [5, 5.41) is 0.381. The SMILES string of the molecule is CCC1(C)CN(C(=O)OC(C)(C)C)Cc2nc(Cl)ccc2O1. The lowest BCUT2D eigenvalue weighted by Gasteiger charge is -2.33. The number of pyridine rings is 1. The van der Waals surface area contributed by atoms with Crippen LogP contribution in [0.15, 0.2) is 12.1 Å². The fourth-order valence-corrected chi connectivity index (χ4v) is 2.41. The molecule has 2 heterocycles. The molecule has 22 heavy (non-hydrogen) atoms. The first kappa shape index (κ1) is 16.9. The van der Waals surface area contributed by atoms with E-state index in [0.29, 0.717) is 29.7 Å². The predicted molar refractivity (Wildman–Crippen MR) is 85.2 cm³/mol. The molecule has 6 heteroatoms. The summed E-state index contributed by atoms with van der Waals surface area (Å²) in [5.41, 5.74) is -0.384. The van der Waals surface area contributed by atoms with Gasteiger partial charge in [-0.1, -0.05) is 18.5 Å². The molecule has 0 fully saturated rings. The van der Waals surface area contributed by atoms with Crippen molar-refractivity contribution in [3.05, 3.63) is 23.0 Å². The molecule has 1 unspecified atom stereocenters. The van der Waals surface area contributed by atoms with Gasteiger partial charge in [0, 0.05) is 0 Å². The van der Waals surface area contributed by atoms with Gasteiger partial charge < -0.3 is 9.47 Å². The molecule has 5 nitrogen and oxygen atoms in total. The number of halogens is 1. The molecule has 0 aromatic carbocycles. The maximum absolute atomic E-state index is 12.5. The van der Waals surface area contributed by atoms with Crippen LogP contribution in [0.25, 0.3) is 0 Å². The van der Waals surface area contributed by atoms with Gasteiger partial charge in [-0.25, -0.2) is 9.78 Å². The van der Waals surface area contributed by atoms with Crippen molar-refractivity contribution in [3.8, 4) is 5.75 Å². The molecular weight excluding hydrogens is 304 g/mol. The summed E-state index contributed by atoms with van der Waals surface area (Å²) in [5.74, 6) is 0.666. The van der Waals surface area contributed by atoms with E-state index in [1.807, 2.05) is 34.6 Å². The quantitative estimate of drug-likeness (QED) is 0.731. The molecule has 1 amide bonds. The van der Waals surface area contributed by atoms with Crippen LogP contribution in [-0.4, -0.2) is 33.7 Å². The fraction of sp³-hybridized carbons (Fsp3) is 0.625. The van der Waals surface area contributed by atoms with Gasteiger partial charge in [-0.2, -0.15) is 0 Å². The number of amides is 1. The van der Waals surface area contributed by atoms with Crippen LogP contribution in [0, 0.1) is 0 Å². The highest BCUT2D eigenvalue weighted by Crippen LogP contribution is 2.31. The molecule has 0 bridgehead atoms. The molecule has 1 atom stereocenters. The van der Waals surface area contributed by atoms with E-state index in [4.69, 9.17) is 21.1 Å². The van der Waals surface area contributed by atoms with Crippen molar-refractivity contribution in [2.45, 2.75) is 58.8 Å². The fourth-order valence-electron chi connectivity index (χ4n) is 2.25. The number of carbonyl (C=O) groups is 1. The zero-order valence-corrected chi connectivity index (χ0v) is 14.5. The number of hydrogen-bond donors (Lipinski definition) is 0. The minimum Gasteiger partial charge on any atom is -0.484 e. The number of rotatable bonds is 1.